The molecule has 2 aromatic carbocycles. The van der Waals surface area contributed by atoms with Crippen LogP contribution in [0.25, 0.3) is 0 Å². The van der Waals surface area contributed by atoms with E-state index in [2.05, 4.69) is 41.4 Å². The highest BCUT2D eigenvalue weighted by molar-refractivity contribution is 5.99. The van der Waals surface area contributed by atoms with Gasteiger partial charge in [0.15, 0.2) is 0 Å². The van der Waals surface area contributed by atoms with Crippen LogP contribution in [-0.2, 0) is 25.2 Å². The number of halogens is 3. The summed E-state index contributed by atoms with van der Waals surface area (Å²) in [5.74, 6) is 0.336. The van der Waals surface area contributed by atoms with E-state index >= 15 is 0 Å². The first-order chi connectivity index (χ1) is 18.3. The molecule has 0 saturated carbocycles. The number of anilines is 2. The summed E-state index contributed by atoms with van der Waals surface area (Å²) in [6, 6.07) is 13.4. The highest BCUT2D eigenvalue weighted by Crippen LogP contribution is 2.29. The number of hydrogen-bond acceptors (Lipinski definition) is 4. The van der Waals surface area contributed by atoms with Crippen molar-refractivity contribution in [3.63, 3.8) is 0 Å². The van der Waals surface area contributed by atoms with E-state index in [1.165, 1.54) is 12.1 Å². The lowest BCUT2D eigenvalue weighted by Crippen LogP contribution is -2.48. The van der Waals surface area contributed by atoms with Crippen molar-refractivity contribution >= 4 is 23.4 Å². The maximum absolute atomic E-state index is 12.8. The summed E-state index contributed by atoms with van der Waals surface area (Å²) >= 11 is 0. The van der Waals surface area contributed by atoms with Crippen molar-refractivity contribution in [3.8, 4) is 0 Å². The number of nitrogens with one attached hydrogen (secondary N) is 2. The van der Waals surface area contributed by atoms with Gasteiger partial charge in [-0.2, -0.15) is 18.3 Å². The molecule has 208 valence electrons. The molecule has 1 fully saturated rings. The zero-order chi connectivity index (χ0) is 28.4. The highest BCUT2D eigenvalue weighted by Gasteiger charge is 2.31. The molecule has 0 aliphatic carbocycles. The van der Waals surface area contributed by atoms with Crippen LogP contribution in [0.4, 0.5) is 29.5 Å². The third-order valence-electron chi connectivity index (χ3n) is 6.63. The van der Waals surface area contributed by atoms with E-state index < -0.39 is 11.7 Å². The van der Waals surface area contributed by atoms with Gasteiger partial charge in [-0.1, -0.05) is 32.9 Å². The van der Waals surface area contributed by atoms with E-state index in [0.29, 0.717) is 44.2 Å². The topological polar surface area (TPSA) is 82.5 Å². The summed E-state index contributed by atoms with van der Waals surface area (Å²) < 4.78 is 40.0. The van der Waals surface area contributed by atoms with Crippen LogP contribution in [0, 0.1) is 0 Å². The van der Waals surface area contributed by atoms with E-state index in [9.17, 15) is 22.8 Å². The van der Waals surface area contributed by atoms with Crippen LogP contribution >= 0.6 is 0 Å². The molecule has 1 aromatic heterocycles. The third kappa shape index (κ3) is 7.17. The van der Waals surface area contributed by atoms with Gasteiger partial charge in [-0.15, -0.1) is 0 Å². The summed E-state index contributed by atoms with van der Waals surface area (Å²) in [5, 5.41) is 10.1. The van der Waals surface area contributed by atoms with Gasteiger partial charge in [0.05, 0.1) is 11.3 Å². The summed E-state index contributed by atoms with van der Waals surface area (Å²) in [6.45, 7) is 9.14. The first-order valence-corrected chi connectivity index (χ1v) is 12.7. The standard InChI is InChI=1S/C28H33F3N6O2/c1-27(2,3)23-17-24(35(4)34-23)33-26(39)32-22-11-5-19(6-12-22)18-36-13-15-37(16-14-36)25(38)20-7-9-21(10-8-20)28(29,30)31/h5-12,17H,13-16,18H2,1-4H3,(H2,32,33,39). The number of nitrogens with zero attached hydrogens (tertiary/aromatic N) is 4. The van der Waals surface area contributed by atoms with Crippen molar-refractivity contribution in [2.24, 2.45) is 7.05 Å². The number of piperazine rings is 1. The molecule has 2 N–H and O–H groups in total. The number of carbonyl (C=O) groups is 2. The van der Waals surface area contributed by atoms with Gasteiger partial charge in [0.1, 0.15) is 5.82 Å². The van der Waals surface area contributed by atoms with Gasteiger partial charge in [0.25, 0.3) is 5.91 Å². The minimum absolute atomic E-state index is 0.127. The number of amides is 3. The minimum atomic E-state index is -4.43. The Hall–Kier alpha value is -3.86. The Morgan fingerprint density at radius 3 is 2.05 bits per heavy atom. The van der Waals surface area contributed by atoms with Crippen LogP contribution in [0.5, 0.6) is 0 Å². The highest BCUT2D eigenvalue weighted by atomic mass is 19.4. The summed E-state index contributed by atoms with van der Waals surface area (Å²) in [5.41, 5.74) is 1.95. The maximum atomic E-state index is 12.8. The van der Waals surface area contributed by atoms with Crippen LogP contribution in [0.15, 0.2) is 54.6 Å². The zero-order valence-electron chi connectivity index (χ0n) is 22.5. The van der Waals surface area contributed by atoms with Crippen molar-refractivity contribution in [1.29, 1.82) is 0 Å². The van der Waals surface area contributed by atoms with Crippen LogP contribution in [0.1, 0.15) is 48.0 Å². The number of alkyl halides is 3. The predicted octanol–water partition coefficient (Wildman–Crippen LogP) is 5.34. The number of aromatic nitrogens is 2. The van der Waals surface area contributed by atoms with Crippen molar-refractivity contribution in [2.45, 2.75) is 38.9 Å². The van der Waals surface area contributed by atoms with Gasteiger partial charge < -0.3 is 10.2 Å². The smallest absolute Gasteiger partial charge is 0.336 e. The predicted molar refractivity (Wildman–Crippen MR) is 144 cm³/mol. The van der Waals surface area contributed by atoms with Crippen LogP contribution in [0.2, 0.25) is 0 Å². The number of urea groups is 1. The molecule has 1 aliphatic heterocycles. The summed E-state index contributed by atoms with van der Waals surface area (Å²) in [7, 11) is 1.78. The normalized spacial score (nSPS) is 14.8. The lowest BCUT2D eigenvalue weighted by molar-refractivity contribution is -0.137. The Morgan fingerprint density at radius 2 is 1.51 bits per heavy atom. The zero-order valence-corrected chi connectivity index (χ0v) is 22.5. The van der Waals surface area contributed by atoms with Crippen LogP contribution in [0.3, 0.4) is 0 Å². The van der Waals surface area contributed by atoms with Gasteiger partial charge in [0.2, 0.25) is 0 Å². The third-order valence-corrected chi connectivity index (χ3v) is 6.63. The monoisotopic (exact) mass is 542 g/mol. The van der Waals surface area contributed by atoms with E-state index in [-0.39, 0.29) is 22.9 Å². The van der Waals surface area contributed by atoms with Gasteiger partial charge in [0, 0.05) is 62.5 Å². The average Bonchev–Trinajstić information content (AvgIpc) is 3.25. The molecule has 3 amide bonds. The average molecular weight is 543 g/mol. The fourth-order valence-corrected chi connectivity index (χ4v) is 4.27. The van der Waals surface area contributed by atoms with E-state index in [1.54, 1.807) is 16.6 Å². The van der Waals surface area contributed by atoms with Gasteiger partial charge >= 0.3 is 12.2 Å². The Labute approximate surface area is 225 Å². The van der Waals surface area contributed by atoms with Crippen molar-refractivity contribution < 1.29 is 22.8 Å². The molecule has 4 rings (SSSR count). The molecule has 3 aromatic rings. The molecule has 11 heteroatoms. The molecule has 39 heavy (non-hydrogen) atoms. The van der Waals surface area contributed by atoms with Crippen molar-refractivity contribution in [1.82, 2.24) is 19.6 Å². The second-order valence-corrected chi connectivity index (χ2v) is 10.7. The molecule has 0 radical (unpaired) electrons. The van der Waals surface area contributed by atoms with Gasteiger partial charge in [-0.05, 0) is 42.0 Å². The fourth-order valence-electron chi connectivity index (χ4n) is 4.27. The molecule has 0 atom stereocenters. The molecule has 0 unspecified atom stereocenters. The molecule has 0 bridgehead atoms. The lowest BCUT2D eigenvalue weighted by atomic mass is 9.92. The van der Waals surface area contributed by atoms with Crippen molar-refractivity contribution in [3.05, 3.63) is 77.0 Å². The first kappa shape index (κ1) is 28.2. The molecular weight excluding hydrogens is 509 g/mol. The second-order valence-electron chi connectivity index (χ2n) is 10.7. The van der Waals surface area contributed by atoms with E-state index in [1.807, 2.05) is 30.3 Å². The molecule has 2 heterocycles. The molecule has 0 spiro atoms. The van der Waals surface area contributed by atoms with E-state index in [4.69, 9.17) is 0 Å². The SMILES string of the molecule is Cn1nc(C(C)(C)C)cc1NC(=O)Nc1ccc(CN2CCN(C(=O)c3ccc(C(F)(F)F)cc3)CC2)cc1. The summed E-state index contributed by atoms with van der Waals surface area (Å²) in [6.07, 6.45) is -4.43. The number of benzene rings is 2. The largest absolute Gasteiger partial charge is 0.416 e. The Balaban J connectivity index is 1.25. The molecule has 1 saturated heterocycles. The lowest BCUT2D eigenvalue weighted by Gasteiger charge is -2.34. The number of carbonyl (C=O) groups excluding carboxylic acids is 2. The Bertz CT molecular complexity index is 1300. The summed E-state index contributed by atoms with van der Waals surface area (Å²) in [4.78, 5) is 29.1. The maximum Gasteiger partial charge on any atom is 0.416 e. The van der Waals surface area contributed by atoms with Gasteiger partial charge in [-0.3, -0.25) is 19.7 Å². The Morgan fingerprint density at radius 1 is 0.897 bits per heavy atom. The number of hydrogen-bond donors (Lipinski definition) is 2. The molecule has 1 aliphatic rings. The van der Waals surface area contributed by atoms with Gasteiger partial charge in [-0.25, -0.2) is 4.79 Å². The fraction of sp³-hybridized carbons (Fsp3) is 0.393. The quantitative estimate of drug-likeness (QED) is 0.456. The number of rotatable bonds is 5. The first-order valence-electron chi connectivity index (χ1n) is 12.7. The number of aryl methyl sites for hydroxylation is 1. The van der Waals surface area contributed by atoms with E-state index in [0.717, 1.165) is 23.4 Å². The molecule has 8 nitrogen and oxygen atoms in total. The van der Waals surface area contributed by atoms with Crippen LogP contribution in [-0.4, -0.2) is 57.7 Å². The second kappa shape index (κ2) is 11.1. The van der Waals surface area contributed by atoms with Crippen molar-refractivity contribution in [2.75, 3.05) is 36.8 Å². The Kier molecular flexibility index (Phi) is 8.01. The van der Waals surface area contributed by atoms with Crippen LogP contribution < -0.4 is 10.6 Å². The minimum Gasteiger partial charge on any atom is -0.336 e. The molecular formula is C28H33F3N6O2.